The van der Waals surface area contributed by atoms with E-state index in [9.17, 15) is 0 Å². The zero-order valence-corrected chi connectivity index (χ0v) is 17.0. The van der Waals surface area contributed by atoms with Crippen molar-refractivity contribution in [2.75, 3.05) is 0 Å². The summed E-state index contributed by atoms with van der Waals surface area (Å²) in [6.07, 6.45) is 15.2. The van der Waals surface area contributed by atoms with Crippen molar-refractivity contribution in [1.82, 2.24) is 0 Å². The predicted octanol–water partition coefficient (Wildman–Crippen LogP) is 3.80. The molecule has 0 heterocycles. The van der Waals surface area contributed by atoms with Gasteiger partial charge < -0.3 is 0 Å². The summed E-state index contributed by atoms with van der Waals surface area (Å²) in [5, 5.41) is 0. The van der Waals surface area contributed by atoms with Crippen molar-refractivity contribution >= 4 is 21.3 Å². The van der Waals surface area contributed by atoms with Crippen LogP contribution in [0, 0.1) is 26.6 Å². The van der Waals surface area contributed by atoms with E-state index in [0.29, 0.717) is 0 Å². The standard InChI is InChI=1S/C12H23PSe.4CO.Mn/c14-13(11-7-3-1-4-8-11)12-9-5-2-6-10-12;4*1-2;/h11-13H,1-10H2;;;;;/q+1;;;;;. The first kappa shape index (κ1) is 31.2. The molecule has 0 unspecified atom stereocenters. The van der Waals surface area contributed by atoms with Crippen LogP contribution in [0.1, 0.15) is 64.2 Å². The number of rotatable bonds is 2. The molecule has 0 atom stereocenters. The molecule has 2 rings (SSSR count). The van der Waals surface area contributed by atoms with Crippen LogP contribution in [0.3, 0.4) is 0 Å². The van der Waals surface area contributed by atoms with E-state index in [-0.39, 0.29) is 23.2 Å². The molecule has 128 valence electrons. The Kier molecular flexibility index (Phi) is 37.0. The van der Waals surface area contributed by atoms with Gasteiger partial charge in [-0.2, -0.15) is 0 Å². The summed E-state index contributed by atoms with van der Waals surface area (Å²) in [6.45, 7) is 18.0. The fourth-order valence-electron chi connectivity index (χ4n) is 3.11. The van der Waals surface area contributed by atoms with E-state index in [4.69, 9.17) is 18.6 Å². The Labute approximate surface area is 158 Å². The summed E-state index contributed by atoms with van der Waals surface area (Å²) in [5.41, 5.74) is 2.27. The zero-order chi connectivity index (χ0) is 17.8. The minimum absolute atomic E-state index is 0. The molecule has 4 nitrogen and oxygen atoms in total. The maximum atomic E-state index is 7.50. The Bertz CT molecular complexity index is 299. The summed E-state index contributed by atoms with van der Waals surface area (Å²) in [4.78, 5) is 0. The summed E-state index contributed by atoms with van der Waals surface area (Å²) in [7, 11) is 0. The van der Waals surface area contributed by atoms with Gasteiger partial charge >= 0.3 is 142 Å². The van der Waals surface area contributed by atoms with Gasteiger partial charge in [0.15, 0.2) is 0 Å². The van der Waals surface area contributed by atoms with Gasteiger partial charge in [-0.25, -0.2) is 0 Å². The van der Waals surface area contributed by atoms with E-state index in [2.05, 4.69) is 41.7 Å². The van der Waals surface area contributed by atoms with E-state index in [1.807, 2.05) is 0 Å². The van der Waals surface area contributed by atoms with Gasteiger partial charge in [-0.3, -0.25) is 0 Å². The average molecular weight is 444 g/mol. The summed E-state index contributed by atoms with van der Waals surface area (Å²) in [5.74, 6) is 0. The van der Waals surface area contributed by atoms with Crippen LogP contribution in [0.2, 0.25) is 0 Å². The molecule has 2 saturated carbocycles. The summed E-state index contributed by atoms with van der Waals surface area (Å²) in [6, 6.07) is 0. The topological polar surface area (TPSA) is 79.6 Å². The molecule has 2 radical (unpaired) electrons. The fraction of sp³-hybridized carbons (Fsp3) is 0.750. The zero-order valence-electron chi connectivity index (χ0n) is 13.1. The van der Waals surface area contributed by atoms with Crippen molar-refractivity contribution < 1.29 is 35.7 Å². The van der Waals surface area contributed by atoms with Crippen molar-refractivity contribution in [3.8, 4) is 0 Å². The molecular weight excluding hydrogens is 421 g/mol. The van der Waals surface area contributed by atoms with Gasteiger partial charge in [-0.1, -0.05) is 0 Å². The summed E-state index contributed by atoms with van der Waals surface area (Å²) >= 11 is 3.62. The van der Waals surface area contributed by atoms with Gasteiger partial charge in [0.2, 0.25) is 0 Å². The van der Waals surface area contributed by atoms with E-state index in [1.54, 1.807) is 25.7 Å². The first-order valence-corrected chi connectivity index (χ1v) is 11.4. The van der Waals surface area contributed by atoms with Crippen LogP contribution >= 0.6 is 6.17 Å². The fourth-order valence-corrected chi connectivity index (χ4v) is 8.70. The van der Waals surface area contributed by atoms with Crippen molar-refractivity contribution in [2.24, 2.45) is 0 Å². The molecule has 0 N–H and O–H groups in total. The molecule has 7 heteroatoms. The van der Waals surface area contributed by atoms with Crippen LogP contribution in [0.5, 0.6) is 0 Å². The number of hydrogen-bond acceptors (Lipinski definition) is 0. The van der Waals surface area contributed by atoms with Gasteiger partial charge in [0.1, 0.15) is 0 Å². The molecule has 0 aromatic heterocycles. The Hall–Kier alpha value is 0.429. The molecule has 2 fully saturated rings. The van der Waals surface area contributed by atoms with Crippen LogP contribution in [0.4, 0.5) is 0 Å². The minimum atomic E-state index is -0.116. The van der Waals surface area contributed by atoms with Gasteiger partial charge in [0.05, 0.1) is 0 Å². The molecule has 2 aliphatic carbocycles. The van der Waals surface area contributed by atoms with Gasteiger partial charge in [-0.15, -0.1) is 0 Å². The quantitative estimate of drug-likeness (QED) is 0.269. The molecule has 0 aromatic rings. The van der Waals surface area contributed by atoms with Crippen LogP contribution in [-0.2, 0) is 35.7 Å². The Balaban J connectivity index is -0.000000176. The molecule has 0 bridgehead atoms. The van der Waals surface area contributed by atoms with E-state index >= 15 is 0 Å². The SMILES string of the molecule is [C-]#[O+].[C-]#[O+].[C-]#[O+].[C-]#[O+].[Mn].[Se+]=[PH](C1CCCCC1)C1CCCCC1. The third kappa shape index (κ3) is 15.7. The molecular formula is C16H23MnO4PSe+. The Morgan fingerprint density at radius 2 is 0.783 bits per heavy atom. The van der Waals surface area contributed by atoms with Gasteiger partial charge in [0.25, 0.3) is 0 Å². The second-order valence-electron chi connectivity index (χ2n) is 5.07. The van der Waals surface area contributed by atoms with E-state index in [1.165, 1.54) is 38.5 Å². The van der Waals surface area contributed by atoms with Gasteiger partial charge in [-0.05, 0) is 0 Å². The van der Waals surface area contributed by atoms with Crippen molar-refractivity contribution in [3.05, 3.63) is 26.6 Å². The normalized spacial score (nSPS) is 16.7. The molecule has 0 saturated heterocycles. The van der Waals surface area contributed by atoms with Crippen LogP contribution < -0.4 is 0 Å². The summed E-state index contributed by atoms with van der Waals surface area (Å²) < 4.78 is 30.0. The van der Waals surface area contributed by atoms with Crippen molar-refractivity contribution in [3.63, 3.8) is 0 Å². The molecule has 0 spiro atoms. The molecule has 0 aromatic carbocycles. The third-order valence-electron chi connectivity index (χ3n) is 4.02. The maximum absolute atomic E-state index is 7.50. The first-order valence-electron chi connectivity index (χ1n) is 7.23. The first-order chi connectivity index (χ1) is 10.9. The second-order valence-corrected chi connectivity index (χ2v) is 10.5. The molecule has 0 aliphatic heterocycles. The van der Waals surface area contributed by atoms with Crippen molar-refractivity contribution in [2.45, 2.75) is 75.5 Å². The van der Waals surface area contributed by atoms with E-state index in [0.717, 1.165) is 11.3 Å². The molecule has 23 heavy (non-hydrogen) atoms. The number of hydrogen-bond donors (Lipinski definition) is 0. The Morgan fingerprint density at radius 1 is 0.565 bits per heavy atom. The molecule has 0 amide bonds. The average Bonchev–Trinajstić information content (AvgIpc) is 2.69. The second kappa shape index (κ2) is 27.3. The monoisotopic (exact) mass is 445 g/mol. The molecule has 2 aliphatic rings. The predicted molar refractivity (Wildman–Crippen MR) is 83.5 cm³/mol. The Morgan fingerprint density at radius 3 is 1.00 bits per heavy atom. The van der Waals surface area contributed by atoms with Crippen molar-refractivity contribution in [1.29, 1.82) is 0 Å². The van der Waals surface area contributed by atoms with Crippen LogP contribution in [0.25, 0.3) is 0 Å². The third-order valence-corrected chi connectivity index (χ3v) is 11.0. The van der Waals surface area contributed by atoms with Crippen LogP contribution in [0.15, 0.2) is 0 Å². The van der Waals surface area contributed by atoms with Crippen LogP contribution in [-0.4, -0.2) is 26.4 Å². The van der Waals surface area contributed by atoms with Gasteiger partial charge in [0, 0.05) is 17.1 Å². The van der Waals surface area contributed by atoms with E-state index < -0.39 is 0 Å².